The zero-order valence-corrected chi connectivity index (χ0v) is 20.0. The highest BCUT2D eigenvalue weighted by atomic mass is 31.1. The van der Waals surface area contributed by atoms with Gasteiger partial charge in [0, 0.05) is 5.56 Å². The predicted octanol–water partition coefficient (Wildman–Crippen LogP) is 5.46. The maximum atomic E-state index is 13.6. The van der Waals surface area contributed by atoms with Crippen LogP contribution >= 0.6 is 7.80 Å². The Balaban J connectivity index is 2.13. The summed E-state index contributed by atoms with van der Waals surface area (Å²) >= 11 is 0. The van der Waals surface area contributed by atoms with Gasteiger partial charge in [0.15, 0.2) is 11.3 Å². The normalized spacial score (nSPS) is 11.1. The first-order valence-electron chi connectivity index (χ1n) is 10.2. The van der Waals surface area contributed by atoms with E-state index >= 15 is 0 Å². The van der Waals surface area contributed by atoms with Crippen molar-refractivity contribution < 1.29 is 23.6 Å². The third kappa shape index (κ3) is 4.09. The molecule has 5 nitrogen and oxygen atoms in total. The number of carbonyl (C=O) groups excluding carboxylic acids is 2. The second-order valence-electron chi connectivity index (χ2n) is 7.62. The van der Waals surface area contributed by atoms with Crippen LogP contribution in [0.3, 0.4) is 0 Å². The largest absolute Gasteiger partial charge is 0.496 e. The summed E-state index contributed by atoms with van der Waals surface area (Å²) < 4.78 is 24.1. The van der Waals surface area contributed by atoms with E-state index < -0.39 is 13.3 Å². The molecule has 0 aromatic heterocycles. The van der Waals surface area contributed by atoms with Crippen LogP contribution in [0.2, 0.25) is 0 Å². The van der Waals surface area contributed by atoms with E-state index in [1.807, 2.05) is 33.8 Å². The Bertz CT molecular complexity index is 1220. The molecule has 0 radical (unpaired) electrons. The number of ketones is 1. The Morgan fingerprint density at radius 3 is 1.94 bits per heavy atom. The molecule has 0 N–H and O–H groups in total. The molecule has 0 fully saturated rings. The van der Waals surface area contributed by atoms with Gasteiger partial charge in [-0.3, -0.25) is 4.79 Å². The highest BCUT2D eigenvalue weighted by molar-refractivity contribution is 7.71. The summed E-state index contributed by atoms with van der Waals surface area (Å²) in [6, 6.07) is 13.4. The number of hydrogen-bond acceptors (Lipinski definition) is 5. The molecule has 164 valence electrons. The first-order chi connectivity index (χ1) is 15.2. The Labute approximate surface area is 189 Å². The summed E-state index contributed by atoms with van der Waals surface area (Å²) in [6.45, 7) is 7.79. The lowest BCUT2D eigenvalue weighted by Crippen LogP contribution is -2.18. The van der Waals surface area contributed by atoms with E-state index in [2.05, 4.69) is 0 Å². The summed E-state index contributed by atoms with van der Waals surface area (Å²) in [5.74, 6) is 0.284. The topological polar surface area (TPSA) is 69.7 Å². The van der Waals surface area contributed by atoms with E-state index in [0.717, 1.165) is 22.3 Å². The number of ether oxygens (including phenoxy) is 2. The zero-order valence-electron chi connectivity index (χ0n) is 19.1. The molecule has 0 aliphatic rings. The molecule has 0 amide bonds. The van der Waals surface area contributed by atoms with Crippen LogP contribution < -0.4 is 14.8 Å². The average molecular weight is 449 g/mol. The smallest absolute Gasteiger partial charge is 0.459 e. The maximum Gasteiger partial charge on any atom is 0.459 e. The molecule has 0 spiro atoms. The van der Waals surface area contributed by atoms with Crippen LogP contribution in [0.15, 0.2) is 48.5 Å². The van der Waals surface area contributed by atoms with E-state index in [0.29, 0.717) is 5.56 Å². The average Bonchev–Trinajstić information content (AvgIpc) is 2.80. The summed E-state index contributed by atoms with van der Waals surface area (Å²) in [5.41, 5.74) is 4.15. The van der Waals surface area contributed by atoms with E-state index in [-0.39, 0.29) is 33.7 Å². The van der Waals surface area contributed by atoms with Crippen molar-refractivity contribution in [2.45, 2.75) is 27.7 Å². The molecule has 32 heavy (non-hydrogen) atoms. The van der Waals surface area contributed by atoms with Gasteiger partial charge >= 0.3 is 13.3 Å². The molecule has 0 aliphatic carbocycles. The molecule has 0 saturated heterocycles. The minimum atomic E-state index is -2.60. The van der Waals surface area contributed by atoms with Gasteiger partial charge in [0.25, 0.3) is 0 Å². The first-order valence-corrected chi connectivity index (χ1v) is 11.4. The monoisotopic (exact) mass is 449 g/mol. The van der Waals surface area contributed by atoms with E-state index in [9.17, 15) is 14.2 Å². The molecule has 6 heteroatoms. The third-order valence-electron chi connectivity index (χ3n) is 5.78. The highest BCUT2D eigenvalue weighted by Gasteiger charge is 2.40. The Morgan fingerprint density at radius 2 is 1.34 bits per heavy atom. The lowest BCUT2D eigenvalue weighted by atomic mass is 9.89. The van der Waals surface area contributed by atoms with Crippen molar-refractivity contribution in [3.05, 3.63) is 87.5 Å². The van der Waals surface area contributed by atoms with E-state index in [1.54, 1.807) is 42.5 Å². The van der Waals surface area contributed by atoms with Gasteiger partial charge in [-0.15, -0.1) is 0 Å². The van der Waals surface area contributed by atoms with Crippen molar-refractivity contribution in [3.63, 3.8) is 0 Å². The second-order valence-corrected chi connectivity index (χ2v) is 9.10. The third-order valence-corrected chi connectivity index (χ3v) is 7.20. The Morgan fingerprint density at radius 1 is 0.750 bits per heavy atom. The van der Waals surface area contributed by atoms with Crippen LogP contribution in [-0.2, 0) is 4.57 Å². The highest BCUT2D eigenvalue weighted by Crippen LogP contribution is 2.38. The van der Waals surface area contributed by atoms with Crippen LogP contribution in [0.5, 0.6) is 11.5 Å². The summed E-state index contributed by atoms with van der Waals surface area (Å²) in [6.07, 6.45) is 0. The fraction of sp³-hybridized carbons (Fsp3) is 0.231. The second kappa shape index (κ2) is 9.46. The van der Waals surface area contributed by atoms with Crippen molar-refractivity contribution in [2.24, 2.45) is 0 Å². The molecule has 3 rings (SSSR count). The molecule has 0 bridgehead atoms. The van der Waals surface area contributed by atoms with E-state index in [4.69, 9.17) is 9.47 Å². The number of hydrogen-bond donors (Lipinski definition) is 0. The van der Waals surface area contributed by atoms with Gasteiger partial charge in [0.2, 0.25) is 5.30 Å². The van der Waals surface area contributed by atoms with Gasteiger partial charge in [-0.05, 0) is 74.2 Å². The lowest BCUT2D eigenvalue weighted by molar-refractivity contribution is 0.103. The molecule has 0 heterocycles. The minimum Gasteiger partial charge on any atom is -0.496 e. The van der Waals surface area contributed by atoms with Crippen molar-refractivity contribution >= 4 is 24.4 Å². The molecular weight excluding hydrogens is 423 g/mol. The van der Waals surface area contributed by atoms with Crippen LogP contribution in [0, 0.1) is 27.7 Å². The van der Waals surface area contributed by atoms with Gasteiger partial charge in [-0.25, -0.2) is 4.79 Å². The molecule has 0 saturated carbocycles. The quantitative estimate of drug-likeness (QED) is 0.354. The maximum absolute atomic E-state index is 13.6. The lowest BCUT2D eigenvalue weighted by Gasteiger charge is -2.14. The number of rotatable bonds is 7. The Kier molecular flexibility index (Phi) is 6.90. The van der Waals surface area contributed by atoms with Gasteiger partial charge in [0.05, 0.1) is 19.8 Å². The first kappa shape index (κ1) is 23.4. The molecule has 3 aromatic rings. The molecular formula is C26H26O5P+. The summed E-state index contributed by atoms with van der Waals surface area (Å²) in [7, 11) is 0.260. The fourth-order valence-electron chi connectivity index (χ4n) is 3.88. The number of benzene rings is 3. The molecule has 1 unspecified atom stereocenters. The Hall–Kier alpha value is -3.30. The SMILES string of the molecule is COc1cccc(OC)c1C(=O)[P+](=O)c1ccccc1C(=O)c1c(C)cc(C)c(C)c1C. The predicted molar refractivity (Wildman–Crippen MR) is 126 cm³/mol. The van der Waals surface area contributed by atoms with Crippen molar-refractivity contribution in [3.8, 4) is 11.5 Å². The van der Waals surface area contributed by atoms with Crippen LogP contribution in [0.25, 0.3) is 0 Å². The number of carbonyl (C=O) groups is 2. The van der Waals surface area contributed by atoms with Crippen LogP contribution in [0.1, 0.15) is 48.5 Å². The molecule has 1 atom stereocenters. The van der Waals surface area contributed by atoms with Crippen molar-refractivity contribution in [1.29, 1.82) is 0 Å². The minimum absolute atomic E-state index is 0.0967. The standard InChI is InChI=1S/C26H26O5P/c1-15-14-16(2)23(18(4)17(15)3)25(27)19-10-7-8-13-22(19)32(29)26(28)24-20(30-5)11-9-12-21(24)31-6/h7-14H,1-6H3/q+1. The van der Waals surface area contributed by atoms with Crippen molar-refractivity contribution in [2.75, 3.05) is 14.2 Å². The van der Waals surface area contributed by atoms with Gasteiger partial charge in [0.1, 0.15) is 11.5 Å². The summed E-state index contributed by atoms with van der Waals surface area (Å²) in [5, 5.41) is 0.197. The number of methoxy groups -OCH3 is 2. The van der Waals surface area contributed by atoms with Gasteiger partial charge < -0.3 is 9.47 Å². The van der Waals surface area contributed by atoms with Crippen LogP contribution in [-0.4, -0.2) is 25.5 Å². The fourth-order valence-corrected chi connectivity index (χ4v) is 5.14. The number of aryl methyl sites for hydroxylation is 2. The molecule has 3 aromatic carbocycles. The van der Waals surface area contributed by atoms with Crippen LogP contribution in [0.4, 0.5) is 0 Å². The van der Waals surface area contributed by atoms with E-state index in [1.165, 1.54) is 14.2 Å². The zero-order chi connectivity index (χ0) is 23.6. The van der Waals surface area contributed by atoms with Gasteiger partial charge in [-0.2, -0.15) is 0 Å². The van der Waals surface area contributed by atoms with Gasteiger partial charge in [-0.1, -0.05) is 28.8 Å². The molecule has 0 aliphatic heterocycles. The van der Waals surface area contributed by atoms with Crippen molar-refractivity contribution in [1.82, 2.24) is 0 Å². The summed E-state index contributed by atoms with van der Waals surface area (Å²) in [4.78, 5) is 26.9.